The van der Waals surface area contributed by atoms with E-state index >= 15 is 0 Å². The third kappa shape index (κ3) is 3.92. The molecule has 1 saturated heterocycles. The fourth-order valence-electron chi connectivity index (χ4n) is 3.72. The number of nitrogens with zero attached hydrogens (tertiary/aromatic N) is 3. The number of fused-ring (bicyclic) bond motifs is 1. The van der Waals surface area contributed by atoms with Crippen LogP contribution in [-0.4, -0.2) is 47.1 Å². The molecular formula is C22H24N4O2. The smallest absolute Gasteiger partial charge is 0.221 e. The zero-order chi connectivity index (χ0) is 19.5. The largest absolute Gasteiger partial charge is 0.506 e. The van der Waals surface area contributed by atoms with E-state index in [4.69, 9.17) is 0 Å². The zero-order valence-corrected chi connectivity index (χ0v) is 15.9. The third-order valence-corrected chi connectivity index (χ3v) is 5.16. The number of pyridine rings is 1. The highest BCUT2D eigenvalue weighted by Crippen LogP contribution is 2.27. The van der Waals surface area contributed by atoms with Gasteiger partial charge in [-0.1, -0.05) is 12.1 Å². The lowest BCUT2D eigenvalue weighted by Gasteiger charge is -2.36. The van der Waals surface area contributed by atoms with E-state index < -0.39 is 0 Å². The molecular weight excluding hydrogens is 352 g/mol. The summed E-state index contributed by atoms with van der Waals surface area (Å²) in [7, 11) is 0. The molecule has 6 nitrogen and oxygen atoms in total. The first-order valence-corrected chi connectivity index (χ1v) is 9.51. The average molecular weight is 376 g/mol. The van der Waals surface area contributed by atoms with E-state index in [9.17, 15) is 9.90 Å². The molecule has 144 valence electrons. The van der Waals surface area contributed by atoms with E-state index in [1.54, 1.807) is 12.3 Å². The molecule has 2 heterocycles. The van der Waals surface area contributed by atoms with Crippen molar-refractivity contribution < 1.29 is 9.90 Å². The van der Waals surface area contributed by atoms with Gasteiger partial charge in [-0.15, -0.1) is 0 Å². The van der Waals surface area contributed by atoms with Crippen LogP contribution < -0.4 is 10.2 Å². The number of rotatable bonds is 4. The highest BCUT2D eigenvalue weighted by molar-refractivity contribution is 5.89. The number of piperazine rings is 1. The van der Waals surface area contributed by atoms with E-state index in [1.807, 2.05) is 30.3 Å². The molecule has 2 aromatic carbocycles. The second-order valence-corrected chi connectivity index (χ2v) is 7.13. The maximum atomic E-state index is 11.1. The van der Waals surface area contributed by atoms with Crippen molar-refractivity contribution in [2.24, 2.45) is 0 Å². The quantitative estimate of drug-likeness (QED) is 0.732. The Labute approximate surface area is 164 Å². The van der Waals surface area contributed by atoms with Gasteiger partial charge in [0, 0.05) is 62.6 Å². The number of phenols is 1. The van der Waals surface area contributed by atoms with Crippen LogP contribution in [0.25, 0.3) is 10.9 Å². The van der Waals surface area contributed by atoms with Gasteiger partial charge in [0.15, 0.2) is 0 Å². The maximum absolute atomic E-state index is 11.1. The normalized spacial score (nSPS) is 15.0. The number of nitrogens with one attached hydrogen (secondary N) is 1. The van der Waals surface area contributed by atoms with Crippen molar-refractivity contribution in [1.29, 1.82) is 0 Å². The summed E-state index contributed by atoms with van der Waals surface area (Å²) in [5, 5.41) is 13.8. The summed E-state index contributed by atoms with van der Waals surface area (Å²) in [5.74, 6) is 0.171. The minimum atomic E-state index is -0.0571. The van der Waals surface area contributed by atoms with E-state index in [1.165, 1.54) is 18.2 Å². The van der Waals surface area contributed by atoms with Crippen LogP contribution in [0, 0.1) is 0 Å². The molecule has 2 N–H and O–H groups in total. The summed E-state index contributed by atoms with van der Waals surface area (Å²) in [6.45, 7) is 6.20. The standard InChI is InChI=1S/C22H24N4O2/c1-16(27)24-18-5-7-19(8-6-18)26-13-11-25(12-14-26)15-17-4-9-21(28)22-20(17)3-2-10-23-22/h2-10,28H,11-15H2,1H3,(H,24,27). The second kappa shape index (κ2) is 7.86. The highest BCUT2D eigenvalue weighted by Gasteiger charge is 2.18. The van der Waals surface area contributed by atoms with Crippen molar-refractivity contribution in [2.45, 2.75) is 13.5 Å². The van der Waals surface area contributed by atoms with Crippen molar-refractivity contribution in [3.63, 3.8) is 0 Å². The molecule has 0 bridgehead atoms. The molecule has 0 saturated carbocycles. The Kier molecular flexibility index (Phi) is 5.12. The van der Waals surface area contributed by atoms with Gasteiger partial charge in [0.25, 0.3) is 0 Å². The average Bonchev–Trinajstić information content (AvgIpc) is 2.71. The van der Waals surface area contributed by atoms with Crippen LogP contribution >= 0.6 is 0 Å². The molecule has 1 amide bonds. The molecule has 1 aromatic heterocycles. The zero-order valence-electron chi connectivity index (χ0n) is 15.9. The second-order valence-electron chi connectivity index (χ2n) is 7.13. The van der Waals surface area contributed by atoms with Gasteiger partial charge in [0.05, 0.1) is 0 Å². The summed E-state index contributed by atoms with van der Waals surface area (Å²) in [5.41, 5.74) is 3.85. The van der Waals surface area contributed by atoms with E-state index in [0.717, 1.165) is 43.8 Å². The van der Waals surface area contributed by atoms with Crippen molar-refractivity contribution in [3.8, 4) is 5.75 Å². The molecule has 3 aromatic rings. The summed E-state index contributed by atoms with van der Waals surface area (Å²) in [4.78, 5) is 20.2. The molecule has 1 fully saturated rings. The number of aromatic nitrogens is 1. The number of amides is 1. The Morgan fingerprint density at radius 1 is 1.07 bits per heavy atom. The summed E-state index contributed by atoms with van der Waals surface area (Å²) in [6, 6.07) is 15.7. The van der Waals surface area contributed by atoms with Gasteiger partial charge in [0.1, 0.15) is 11.3 Å². The molecule has 0 radical (unpaired) electrons. The lowest BCUT2D eigenvalue weighted by molar-refractivity contribution is -0.114. The first-order chi connectivity index (χ1) is 13.6. The van der Waals surface area contributed by atoms with Crippen LogP contribution in [0.1, 0.15) is 12.5 Å². The topological polar surface area (TPSA) is 68.7 Å². The molecule has 0 aliphatic carbocycles. The number of hydrogen-bond acceptors (Lipinski definition) is 5. The van der Waals surface area contributed by atoms with E-state index in [0.29, 0.717) is 5.52 Å². The van der Waals surface area contributed by atoms with Crippen LogP contribution in [0.4, 0.5) is 11.4 Å². The number of phenolic OH excluding ortho intramolecular Hbond substituents is 1. The molecule has 0 atom stereocenters. The number of carbonyl (C=O) groups is 1. The van der Waals surface area contributed by atoms with Crippen molar-refractivity contribution >= 4 is 28.2 Å². The molecule has 6 heteroatoms. The van der Waals surface area contributed by atoms with Crippen molar-refractivity contribution in [3.05, 3.63) is 60.3 Å². The fourth-order valence-corrected chi connectivity index (χ4v) is 3.72. The van der Waals surface area contributed by atoms with Crippen LogP contribution in [0.2, 0.25) is 0 Å². The molecule has 0 spiro atoms. The van der Waals surface area contributed by atoms with Crippen molar-refractivity contribution in [2.75, 3.05) is 36.4 Å². The van der Waals surface area contributed by atoms with Gasteiger partial charge in [-0.3, -0.25) is 14.7 Å². The fraction of sp³-hybridized carbons (Fsp3) is 0.273. The van der Waals surface area contributed by atoms with Crippen molar-refractivity contribution in [1.82, 2.24) is 9.88 Å². The molecule has 4 rings (SSSR count). The first-order valence-electron chi connectivity index (χ1n) is 9.51. The van der Waals surface area contributed by atoms with Gasteiger partial charge in [-0.25, -0.2) is 0 Å². The van der Waals surface area contributed by atoms with Crippen LogP contribution in [-0.2, 0) is 11.3 Å². The molecule has 1 aliphatic rings. The van der Waals surface area contributed by atoms with Gasteiger partial charge in [-0.2, -0.15) is 0 Å². The maximum Gasteiger partial charge on any atom is 0.221 e. The number of anilines is 2. The van der Waals surface area contributed by atoms with E-state index in [-0.39, 0.29) is 11.7 Å². The van der Waals surface area contributed by atoms with Crippen LogP contribution in [0.5, 0.6) is 5.75 Å². The SMILES string of the molecule is CC(=O)Nc1ccc(N2CCN(Cc3ccc(O)c4ncccc34)CC2)cc1. The first kappa shape index (κ1) is 18.3. The lowest BCUT2D eigenvalue weighted by atomic mass is 10.1. The number of hydrogen-bond donors (Lipinski definition) is 2. The number of carbonyl (C=O) groups excluding carboxylic acids is 1. The Hall–Kier alpha value is -3.12. The monoisotopic (exact) mass is 376 g/mol. The highest BCUT2D eigenvalue weighted by atomic mass is 16.3. The van der Waals surface area contributed by atoms with Gasteiger partial charge in [0.2, 0.25) is 5.91 Å². The van der Waals surface area contributed by atoms with Gasteiger partial charge >= 0.3 is 0 Å². The number of aromatic hydroxyl groups is 1. The predicted octanol–water partition coefficient (Wildman–Crippen LogP) is 3.22. The van der Waals surface area contributed by atoms with Crippen LogP contribution in [0.15, 0.2) is 54.7 Å². The summed E-state index contributed by atoms with van der Waals surface area (Å²) >= 11 is 0. The summed E-state index contributed by atoms with van der Waals surface area (Å²) < 4.78 is 0. The van der Waals surface area contributed by atoms with E-state index in [2.05, 4.69) is 32.2 Å². The number of benzene rings is 2. The Morgan fingerprint density at radius 2 is 1.82 bits per heavy atom. The third-order valence-electron chi connectivity index (χ3n) is 5.16. The molecule has 28 heavy (non-hydrogen) atoms. The minimum absolute atomic E-state index is 0.0571. The Morgan fingerprint density at radius 3 is 2.54 bits per heavy atom. The van der Waals surface area contributed by atoms with Gasteiger partial charge < -0.3 is 15.3 Å². The molecule has 1 aliphatic heterocycles. The molecule has 0 unspecified atom stereocenters. The van der Waals surface area contributed by atoms with Gasteiger partial charge in [-0.05, 0) is 42.0 Å². The Bertz CT molecular complexity index is 979. The summed E-state index contributed by atoms with van der Waals surface area (Å²) in [6.07, 6.45) is 1.71. The van der Waals surface area contributed by atoms with Crippen LogP contribution in [0.3, 0.4) is 0 Å². The lowest BCUT2D eigenvalue weighted by Crippen LogP contribution is -2.46. The Balaban J connectivity index is 1.40. The minimum Gasteiger partial charge on any atom is -0.506 e. The predicted molar refractivity (Wildman–Crippen MR) is 112 cm³/mol.